The van der Waals surface area contributed by atoms with E-state index in [0.717, 1.165) is 24.7 Å². The molecule has 152 valence electrons. The predicted molar refractivity (Wildman–Crippen MR) is 120 cm³/mol. The summed E-state index contributed by atoms with van der Waals surface area (Å²) in [4.78, 5) is 6.53. The third-order valence-electron chi connectivity index (χ3n) is 9.26. The molecule has 0 spiro atoms. The summed E-state index contributed by atoms with van der Waals surface area (Å²) in [6, 6.07) is 10.7. The van der Waals surface area contributed by atoms with Crippen LogP contribution < -0.4 is 0 Å². The van der Waals surface area contributed by atoms with Gasteiger partial charge in [0.1, 0.15) is 5.01 Å². The molecule has 2 aromatic rings. The van der Waals surface area contributed by atoms with E-state index in [9.17, 15) is 5.11 Å². The maximum absolute atomic E-state index is 10.7. The Morgan fingerprint density at radius 2 is 1.86 bits per heavy atom. The van der Waals surface area contributed by atoms with Crippen molar-refractivity contribution in [3.63, 3.8) is 0 Å². The lowest BCUT2D eigenvalue weighted by atomic mass is 9.48. The average Bonchev–Trinajstić information content (AvgIpc) is 3.29. The molecule has 4 aliphatic rings. The molecule has 0 saturated heterocycles. The maximum Gasteiger partial charge on any atom is 0.124 e. The lowest BCUT2D eigenvalue weighted by Crippen LogP contribution is -2.50. The standard InChI is InChI=1S/C26H31NOS/c1-25-15-13-21-23(29-24(27-21)16-6-4-3-5-7-16)20(25)9-8-17-18-10-11-22(28)26(18,2)14-12-19(17)25/h3-7,9,17-19,22,28H,8,10-15H2,1-2H3/t17-,18-,19-,22-,25+,26-/m0/s1. The Kier molecular flexibility index (Phi) is 3.97. The van der Waals surface area contributed by atoms with Crippen LogP contribution in [0.4, 0.5) is 0 Å². The van der Waals surface area contributed by atoms with Crippen LogP contribution in [-0.4, -0.2) is 16.2 Å². The van der Waals surface area contributed by atoms with Gasteiger partial charge in [-0.15, -0.1) is 11.3 Å². The molecule has 29 heavy (non-hydrogen) atoms. The van der Waals surface area contributed by atoms with Crippen molar-refractivity contribution < 1.29 is 5.11 Å². The molecule has 2 nitrogen and oxygen atoms in total. The zero-order chi connectivity index (χ0) is 19.8. The number of allylic oxidation sites excluding steroid dienone is 2. The van der Waals surface area contributed by atoms with Gasteiger partial charge in [0.25, 0.3) is 0 Å². The third-order valence-corrected chi connectivity index (χ3v) is 10.4. The average molecular weight is 406 g/mol. The fraction of sp³-hybridized carbons (Fsp3) is 0.577. The summed E-state index contributed by atoms with van der Waals surface area (Å²) < 4.78 is 0. The molecule has 1 heterocycles. The molecule has 0 radical (unpaired) electrons. The number of nitrogens with zero attached hydrogens (tertiary/aromatic N) is 1. The van der Waals surface area contributed by atoms with Gasteiger partial charge >= 0.3 is 0 Å². The van der Waals surface area contributed by atoms with Crippen LogP contribution in [0.15, 0.2) is 36.4 Å². The molecule has 4 aliphatic carbocycles. The topological polar surface area (TPSA) is 33.1 Å². The van der Waals surface area contributed by atoms with Gasteiger partial charge < -0.3 is 5.11 Å². The number of aliphatic hydroxyl groups is 1. The van der Waals surface area contributed by atoms with Crippen LogP contribution >= 0.6 is 11.3 Å². The largest absolute Gasteiger partial charge is 0.393 e. The zero-order valence-electron chi connectivity index (χ0n) is 17.5. The van der Waals surface area contributed by atoms with E-state index in [2.05, 4.69) is 50.3 Å². The molecular weight excluding hydrogens is 374 g/mol. The van der Waals surface area contributed by atoms with E-state index in [0.29, 0.717) is 5.92 Å². The van der Waals surface area contributed by atoms with E-state index >= 15 is 0 Å². The highest BCUT2D eigenvalue weighted by molar-refractivity contribution is 7.16. The second-order valence-corrected chi connectivity index (χ2v) is 11.4. The molecule has 2 fully saturated rings. The molecule has 0 unspecified atom stereocenters. The Hall–Kier alpha value is -1.45. The van der Waals surface area contributed by atoms with Gasteiger partial charge in [0.2, 0.25) is 0 Å². The summed E-state index contributed by atoms with van der Waals surface area (Å²) in [6.07, 6.45) is 10.8. The van der Waals surface area contributed by atoms with Gasteiger partial charge in [-0.3, -0.25) is 0 Å². The van der Waals surface area contributed by atoms with Crippen molar-refractivity contribution in [1.82, 2.24) is 4.98 Å². The Bertz CT molecular complexity index is 978. The number of aryl methyl sites for hydroxylation is 1. The van der Waals surface area contributed by atoms with Gasteiger partial charge in [-0.1, -0.05) is 50.3 Å². The van der Waals surface area contributed by atoms with Gasteiger partial charge in [-0.2, -0.15) is 0 Å². The number of hydrogen-bond acceptors (Lipinski definition) is 3. The number of aromatic nitrogens is 1. The highest BCUT2D eigenvalue weighted by atomic mass is 32.1. The SMILES string of the molecule is C[C@]12CC[C@H]3[C@@H](CC=C4c5sc(-c6ccccc6)nc5CC[C@@]43C)[C@@H]1CC[C@@H]2O. The first-order valence-corrected chi connectivity index (χ1v) is 12.3. The number of hydrogen-bond donors (Lipinski definition) is 1. The second kappa shape index (κ2) is 6.28. The smallest absolute Gasteiger partial charge is 0.124 e. The van der Waals surface area contributed by atoms with Crippen LogP contribution in [0.2, 0.25) is 0 Å². The molecule has 0 bridgehead atoms. The minimum Gasteiger partial charge on any atom is -0.393 e. The van der Waals surface area contributed by atoms with Gasteiger partial charge in [0.05, 0.1) is 16.7 Å². The second-order valence-electron chi connectivity index (χ2n) is 10.4. The Balaban J connectivity index is 1.40. The number of rotatable bonds is 1. The lowest BCUT2D eigenvalue weighted by Gasteiger charge is -2.56. The zero-order valence-corrected chi connectivity index (χ0v) is 18.3. The molecule has 1 aromatic heterocycles. The first-order valence-electron chi connectivity index (χ1n) is 11.4. The quantitative estimate of drug-likeness (QED) is 0.599. The van der Waals surface area contributed by atoms with Crippen molar-refractivity contribution in [2.24, 2.45) is 28.6 Å². The number of fused-ring (bicyclic) bond motifs is 7. The molecule has 0 aliphatic heterocycles. The number of aliphatic hydroxyl groups excluding tert-OH is 1. The fourth-order valence-electron chi connectivity index (χ4n) is 7.55. The monoisotopic (exact) mass is 405 g/mol. The minimum absolute atomic E-state index is 0.0838. The van der Waals surface area contributed by atoms with Crippen molar-refractivity contribution in [3.05, 3.63) is 47.0 Å². The molecule has 6 atom stereocenters. The van der Waals surface area contributed by atoms with Gasteiger partial charge in [-0.05, 0) is 79.1 Å². The van der Waals surface area contributed by atoms with E-state index in [1.807, 2.05) is 11.3 Å². The molecule has 3 heteroatoms. The summed E-state index contributed by atoms with van der Waals surface area (Å²) in [5, 5.41) is 11.9. The van der Waals surface area contributed by atoms with E-state index in [1.165, 1.54) is 53.2 Å². The normalized spacial score (nSPS) is 40.4. The van der Waals surface area contributed by atoms with E-state index in [1.54, 1.807) is 5.57 Å². The van der Waals surface area contributed by atoms with Crippen molar-refractivity contribution in [1.29, 1.82) is 0 Å². The van der Waals surface area contributed by atoms with Gasteiger partial charge in [0, 0.05) is 5.56 Å². The Morgan fingerprint density at radius 1 is 1.03 bits per heavy atom. The minimum atomic E-state index is -0.0838. The highest BCUT2D eigenvalue weighted by Crippen LogP contribution is 2.66. The summed E-state index contributed by atoms with van der Waals surface area (Å²) in [5.74, 6) is 2.22. The summed E-state index contributed by atoms with van der Waals surface area (Å²) in [5.41, 5.74) is 4.62. The van der Waals surface area contributed by atoms with E-state index < -0.39 is 0 Å². The highest BCUT2D eigenvalue weighted by Gasteiger charge is 2.58. The molecule has 1 aromatic carbocycles. The van der Waals surface area contributed by atoms with Crippen molar-refractivity contribution in [2.75, 3.05) is 0 Å². The molecule has 6 rings (SSSR count). The Morgan fingerprint density at radius 3 is 2.69 bits per heavy atom. The fourth-order valence-corrected chi connectivity index (χ4v) is 8.85. The molecule has 1 N–H and O–H groups in total. The molecule has 0 amide bonds. The van der Waals surface area contributed by atoms with Crippen molar-refractivity contribution in [3.8, 4) is 10.6 Å². The van der Waals surface area contributed by atoms with Gasteiger partial charge in [0.15, 0.2) is 0 Å². The first-order chi connectivity index (χ1) is 14.0. The predicted octanol–water partition coefficient (Wildman–Crippen LogP) is 6.35. The van der Waals surface area contributed by atoms with E-state index in [4.69, 9.17) is 4.98 Å². The van der Waals surface area contributed by atoms with Crippen molar-refractivity contribution >= 4 is 16.9 Å². The van der Waals surface area contributed by atoms with Crippen LogP contribution in [0, 0.1) is 28.6 Å². The van der Waals surface area contributed by atoms with E-state index in [-0.39, 0.29) is 16.9 Å². The van der Waals surface area contributed by atoms with Crippen LogP contribution in [-0.2, 0) is 6.42 Å². The summed E-state index contributed by atoms with van der Waals surface area (Å²) in [6.45, 7) is 4.93. The maximum atomic E-state index is 10.7. The van der Waals surface area contributed by atoms with Crippen molar-refractivity contribution in [2.45, 2.75) is 64.9 Å². The molecular formula is C26H31NOS. The third kappa shape index (κ3) is 2.47. The Labute approximate surface area is 178 Å². The van der Waals surface area contributed by atoms with Crippen LogP contribution in [0.1, 0.15) is 62.9 Å². The molecule has 2 saturated carbocycles. The first kappa shape index (κ1) is 18.3. The number of thiazole rings is 1. The summed E-state index contributed by atoms with van der Waals surface area (Å²) >= 11 is 1.91. The van der Waals surface area contributed by atoms with Crippen LogP contribution in [0.5, 0.6) is 0 Å². The lowest BCUT2D eigenvalue weighted by molar-refractivity contribution is -0.0579. The number of benzene rings is 1. The summed E-state index contributed by atoms with van der Waals surface area (Å²) in [7, 11) is 0. The van der Waals surface area contributed by atoms with Crippen LogP contribution in [0.3, 0.4) is 0 Å². The van der Waals surface area contributed by atoms with Crippen LogP contribution in [0.25, 0.3) is 16.1 Å². The van der Waals surface area contributed by atoms with Gasteiger partial charge in [-0.25, -0.2) is 4.98 Å².